The normalized spacial score (nSPS) is 18.3. The zero-order valence-corrected chi connectivity index (χ0v) is 17.0. The highest BCUT2D eigenvalue weighted by atomic mass is 32.2. The lowest BCUT2D eigenvalue weighted by Crippen LogP contribution is -2.31. The van der Waals surface area contributed by atoms with Crippen LogP contribution in [-0.4, -0.2) is 37.3 Å². The molecule has 2 aliphatic rings. The zero-order chi connectivity index (χ0) is 20.0. The fourth-order valence-electron chi connectivity index (χ4n) is 4.16. The highest BCUT2D eigenvalue weighted by Gasteiger charge is 2.36. The van der Waals surface area contributed by atoms with E-state index in [2.05, 4.69) is 0 Å². The summed E-state index contributed by atoms with van der Waals surface area (Å²) in [6, 6.07) is 1.27. The predicted molar refractivity (Wildman–Crippen MR) is 107 cm³/mol. The minimum Gasteiger partial charge on any atom is -0.462 e. The van der Waals surface area contributed by atoms with E-state index in [9.17, 15) is 9.59 Å². The zero-order valence-electron chi connectivity index (χ0n) is 16.2. The molecule has 1 aromatic carbocycles. The summed E-state index contributed by atoms with van der Waals surface area (Å²) in [5.41, 5.74) is 1.34. The molecule has 2 aromatic rings. The van der Waals surface area contributed by atoms with Gasteiger partial charge < -0.3 is 18.9 Å². The van der Waals surface area contributed by atoms with Gasteiger partial charge in [-0.25, -0.2) is 9.18 Å². The Morgan fingerprint density at radius 3 is 2.68 bits per heavy atom. The Balaban J connectivity index is 2.07. The van der Waals surface area contributed by atoms with Gasteiger partial charge in [-0.2, -0.15) is 0 Å². The number of ether oxygens (including phenoxy) is 2. The molecule has 0 amide bonds. The van der Waals surface area contributed by atoms with Crippen LogP contribution in [0.4, 0.5) is 10.1 Å². The highest BCUT2D eigenvalue weighted by molar-refractivity contribution is 8.00. The fourth-order valence-corrected chi connectivity index (χ4v) is 5.29. The van der Waals surface area contributed by atoms with E-state index in [0.717, 1.165) is 25.9 Å². The van der Waals surface area contributed by atoms with Crippen molar-refractivity contribution in [2.75, 3.05) is 31.7 Å². The second kappa shape index (κ2) is 7.40. The standard InChI is InChI=1S/C20H23FN2O4S/c1-4-27-20(25)15-18(24)12-9-14(21)17(22-7-5-6-8-22)13(10-26-3)16(12)23-11(2)28-19(15)23/h9,11H,4-8,10H2,1-3H3. The van der Waals surface area contributed by atoms with Gasteiger partial charge in [-0.15, -0.1) is 0 Å². The fraction of sp³-hybridized carbons (Fsp3) is 0.500. The van der Waals surface area contributed by atoms with E-state index in [4.69, 9.17) is 9.47 Å². The number of methoxy groups -OCH3 is 1. The van der Waals surface area contributed by atoms with Gasteiger partial charge in [0.1, 0.15) is 11.4 Å². The molecule has 6 nitrogen and oxygen atoms in total. The summed E-state index contributed by atoms with van der Waals surface area (Å²) in [6.07, 6.45) is 2.02. The van der Waals surface area contributed by atoms with Crippen LogP contribution in [0.1, 0.15) is 48.0 Å². The molecule has 1 saturated heterocycles. The monoisotopic (exact) mass is 406 g/mol. The Labute approximate surface area is 166 Å². The van der Waals surface area contributed by atoms with E-state index in [1.807, 2.05) is 16.4 Å². The van der Waals surface area contributed by atoms with Gasteiger partial charge in [-0.05, 0) is 32.8 Å². The average Bonchev–Trinajstić information content (AvgIpc) is 3.17. The van der Waals surface area contributed by atoms with Gasteiger partial charge in [0.05, 0.1) is 40.2 Å². The molecule has 0 bridgehead atoms. The maximum Gasteiger partial charge on any atom is 0.344 e. The van der Waals surface area contributed by atoms with Crippen molar-refractivity contribution in [2.45, 2.75) is 43.7 Å². The van der Waals surface area contributed by atoms with Crippen molar-refractivity contribution in [2.24, 2.45) is 0 Å². The minimum absolute atomic E-state index is 0.00543. The van der Waals surface area contributed by atoms with Crippen molar-refractivity contribution in [3.05, 3.63) is 33.2 Å². The Morgan fingerprint density at radius 1 is 1.36 bits per heavy atom. The summed E-state index contributed by atoms with van der Waals surface area (Å²) in [6.45, 7) is 5.61. The van der Waals surface area contributed by atoms with E-state index in [0.29, 0.717) is 21.8 Å². The van der Waals surface area contributed by atoms with Gasteiger partial charge in [0.25, 0.3) is 0 Å². The number of hydrogen-bond donors (Lipinski definition) is 0. The molecule has 0 spiro atoms. The molecule has 1 aromatic heterocycles. The van der Waals surface area contributed by atoms with E-state index in [-0.39, 0.29) is 29.5 Å². The van der Waals surface area contributed by atoms with Gasteiger partial charge >= 0.3 is 5.97 Å². The lowest BCUT2D eigenvalue weighted by molar-refractivity contribution is 0.0518. The lowest BCUT2D eigenvalue weighted by Gasteiger charge is -2.35. The molecule has 150 valence electrons. The molecular weight excluding hydrogens is 383 g/mol. The molecule has 28 heavy (non-hydrogen) atoms. The van der Waals surface area contributed by atoms with Crippen molar-refractivity contribution >= 4 is 34.3 Å². The van der Waals surface area contributed by atoms with Gasteiger partial charge in [0, 0.05) is 25.8 Å². The number of carbonyl (C=O) groups excluding carboxylic acids is 1. The summed E-state index contributed by atoms with van der Waals surface area (Å²) in [5, 5.41) is 0.810. The number of esters is 1. The van der Waals surface area contributed by atoms with E-state index in [1.165, 1.54) is 17.8 Å². The lowest BCUT2D eigenvalue weighted by atomic mass is 10.0. The topological polar surface area (TPSA) is 60.8 Å². The van der Waals surface area contributed by atoms with Crippen molar-refractivity contribution in [3.8, 4) is 0 Å². The third kappa shape index (κ3) is 2.81. The summed E-state index contributed by atoms with van der Waals surface area (Å²) in [4.78, 5) is 27.6. The van der Waals surface area contributed by atoms with Gasteiger partial charge in [0.15, 0.2) is 0 Å². The van der Waals surface area contributed by atoms with E-state index >= 15 is 4.39 Å². The number of aromatic nitrogens is 1. The number of hydrogen-bond acceptors (Lipinski definition) is 6. The van der Waals surface area contributed by atoms with Crippen LogP contribution in [0.3, 0.4) is 0 Å². The molecule has 1 atom stereocenters. The molecule has 1 fully saturated rings. The SMILES string of the molecule is CCOC(=O)c1c2n(c3c(COC)c(N4CCCC4)c(F)cc3c1=O)C(C)S2. The van der Waals surface area contributed by atoms with Crippen LogP contribution in [-0.2, 0) is 16.1 Å². The van der Waals surface area contributed by atoms with Crippen LogP contribution in [0, 0.1) is 5.82 Å². The molecule has 0 aliphatic carbocycles. The highest BCUT2D eigenvalue weighted by Crippen LogP contribution is 2.48. The molecule has 0 saturated carbocycles. The number of benzene rings is 1. The molecule has 3 heterocycles. The summed E-state index contributed by atoms with van der Waals surface area (Å²) in [7, 11) is 1.56. The smallest absolute Gasteiger partial charge is 0.344 e. The number of halogens is 1. The van der Waals surface area contributed by atoms with E-state index < -0.39 is 17.2 Å². The molecular formula is C20H23FN2O4S. The van der Waals surface area contributed by atoms with Crippen LogP contribution < -0.4 is 10.3 Å². The first-order chi connectivity index (χ1) is 13.5. The number of fused-ring (bicyclic) bond motifs is 3. The number of carbonyl (C=O) groups is 1. The molecule has 0 N–H and O–H groups in total. The van der Waals surface area contributed by atoms with Crippen LogP contribution in [0.25, 0.3) is 10.9 Å². The van der Waals surface area contributed by atoms with Crippen LogP contribution in [0.5, 0.6) is 0 Å². The number of thioether (sulfide) groups is 1. The van der Waals surface area contributed by atoms with Crippen LogP contribution in [0.15, 0.2) is 15.9 Å². The van der Waals surface area contributed by atoms with Gasteiger partial charge in [-0.3, -0.25) is 4.79 Å². The molecule has 0 radical (unpaired) electrons. The maximum atomic E-state index is 15.2. The molecule has 2 aliphatic heterocycles. The summed E-state index contributed by atoms with van der Waals surface area (Å²) < 4.78 is 27.6. The van der Waals surface area contributed by atoms with Crippen molar-refractivity contribution in [1.82, 2.24) is 4.57 Å². The van der Waals surface area contributed by atoms with Crippen LogP contribution in [0.2, 0.25) is 0 Å². The third-order valence-corrected chi connectivity index (χ3v) is 6.48. The first-order valence-electron chi connectivity index (χ1n) is 9.50. The Hall–Kier alpha value is -2.06. The Morgan fingerprint density at radius 2 is 2.07 bits per heavy atom. The second-order valence-electron chi connectivity index (χ2n) is 7.03. The Kier molecular flexibility index (Phi) is 5.09. The van der Waals surface area contributed by atoms with Gasteiger partial charge in [-0.1, -0.05) is 11.8 Å². The number of rotatable bonds is 5. The second-order valence-corrected chi connectivity index (χ2v) is 8.33. The molecule has 8 heteroatoms. The first-order valence-corrected chi connectivity index (χ1v) is 10.4. The van der Waals surface area contributed by atoms with Crippen molar-refractivity contribution in [1.29, 1.82) is 0 Å². The first kappa shape index (κ1) is 19.3. The third-order valence-electron chi connectivity index (χ3n) is 5.31. The van der Waals surface area contributed by atoms with Crippen molar-refractivity contribution < 1.29 is 18.7 Å². The number of nitrogens with zero attached hydrogens (tertiary/aromatic N) is 2. The molecule has 1 unspecified atom stereocenters. The average molecular weight is 406 g/mol. The molecule has 4 rings (SSSR count). The summed E-state index contributed by atoms with van der Waals surface area (Å²) >= 11 is 1.45. The predicted octanol–water partition coefficient (Wildman–Crippen LogP) is 3.69. The van der Waals surface area contributed by atoms with Gasteiger partial charge in [0.2, 0.25) is 5.43 Å². The number of anilines is 1. The van der Waals surface area contributed by atoms with Crippen LogP contribution >= 0.6 is 11.8 Å². The largest absolute Gasteiger partial charge is 0.462 e. The minimum atomic E-state index is -0.658. The number of pyridine rings is 1. The van der Waals surface area contributed by atoms with E-state index in [1.54, 1.807) is 14.0 Å². The maximum absolute atomic E-state index is 15.2. The quantitative estimate of drug-likeness (QED) is 0.706. The Bertz CT molecular complexity index is 1010. The summed E-state index contributed by atoms with van der Waals surface area (Å²) in [5.74, 6) is -1.11. The van der Waals surface area contributed by atoms with Crippen molar-refractivity contribution in [3.63, 3.8) is 0 Å².